The summed E-state index contributed by atoms with van der Waals surface area (Å²) in [6.07, 6.45) is 0. The Balaban J connectivity index is 2.38. The van der Waals surface area contributed by atoms with Gasteiger partial charge in [-0.05, 0) is 31.3 Å². The zero-order chi connectivity index (χ0) is 17.0. The Morgan fingerprint density at radius 1 is 1.30 bits per heavy atom. The normalized spacial score (nSPS) is 11.0. The first kappa shape index (κ1) is 17.5. The third kappa shape index (κ3) is 3.92. The minimum atomic E-state index is -0.518. The number of methoxy groups -OCH3 is 1. The number of halogens is 1. The summed E-state index contributed by atoms with van der Waals surface area (Å²) in [6.45, 7) is 5.84. The van der Waals surface area contributed by atoms with Crippen LogP contribution in [-0.2, 0) is 9.53 Å². The van der Waals surface area contributed by atoms with E-state index in [2.05, 4.69) is 26.2 Å². The van der Waals surface area contributed by atoms with Crippen LogP contribution in [0.15, 0.2) is 22.7 Å². The van der Waals surface area contributed by atoms with Crippen molar-refractivity contribution in [3.63, 3.8) is 0 Å². The van der Waals surface area contributed by atoms with Crippen LogP contribution in [0.3, 0.4) is 0 Å². The minimum Gasteiger partial charge on any atom is -0.464 e. The van der Waals surface area contributed by atoms with E-state index in [1.165, 1.54) is 7.11 Å². The molecule has 0 atom stereocenters. The van der Waals surface area contributed by atoms with Gasteiger partial charge in [0.25, 0.3) is 0 Å². The Morgan fingerprint density at radius 3 is 2.61 bits per heavy atom. The molecule has 1 amide bonds. The molecule has 0 aliphatic rings. The van der Waals surface area contributed by atoms with E-state index in [0.717, 1.165) is 28.5 Å². The summed E-state index contributed by atoms with van der Waals surface area (Å²) in [6, 6.07) is 5.55. The largest absolute Gasteiger partial charge is 0.464 e. The number of fused-ring (bicyclic) bond motifs is 1. The molecule has 0 bridgehead atoms. The summed E-state index contributed by atoms with van der Waals surface area (Å²) in [7, 11) is 1.31. The molecule has 2 aromatic rings. The van der Waals surface area contributed by atoms with Gasteiger partial charge in [0.1, 0.15) is 5.69 Å². The SMILES string of the molecule is CCN(CC)CC(=O)Nc1c(C(=O)OC)[nH]c2ccc(Br)cc12. The van der Waals surface area contributed by atoms with Crippen LogP contribution in [0, 0.1) is 0 Å². The van der Waals surface area contributed by atoms with Crippen molar-refractivity contribution in [1.29, 1.82) is 0 Å². The van der Waals surface area contributed by atoms with Crippen LogP contribution in [0.4, 0.5) is 5.69 Å². The highest BCUT2D eigenvalue weighted by atomic mass is 79.9. The number of esters is 1. The van der Waals surface area contributed by atoms with Crippen LogP contribution in [0.5, 0.6) is 0 Å². The Kier molecular flexibility index (Phi) is 5.79. The van der Waals surface area contributed by atoms with Crippen molar-refractivity contribution in [1.82, 2.24) is 9.88 Å². The highest BCUT2D eigenvalue weighted by molar-refractivity contribution is 9.10. The van der Waals surface area contributed by atoms with Crippen molar-refractivity contribution < 1.29 is 14.3 Å². The molecule has 1 aromatic carbocycles. The molecule has 1 heterocycles. The Hall–Kier alpha value is -1.86. The number of anilines is 1. The van der Waals surface area contributed by atoms with Gasteiger partial charge in [0.2, 0.25) is 5.91 Å². The van der Waals surface area contributed by atoms with Gasteiger partial charge in [-0.3, -0.25) is 9.69 Å². The number of carbonyl (C=O) groups excluding carboxylic acids is 2. The molecule has 6 nitrogen and oxygen atoms in total. The van der Waals surface area contributed by atoms with Crippen LogP contribution in [-0.4, -0.2) is 48.5 Å². The predicted octanol–water partition coefficient (Wildman–Crippen LogP) is 3.00. The number of aromatic amines is 1. The van der Waals surface area contributed by atoms with Gasteiger partial charge in [0.15, 0.2) is 0 Å². The maximum atomic E-state index is 12.3. The standard InChI is InChI=1S/C16H20BrN3O3/c1-4-20(5-2)9-13(21)19-14-11-8-10(17)6-7-12(11)18-15(14)16(22)23-3/h6-8,18H,4-5,9H2,1-3H3,(H,19,21). The number of hydrogen-bond donors (Lipinski definition) is 2. The second kappa shape index (κ2) is 7.61. The summed E-state index contributed by atoms with van der Waals surface area (Å²) >= 11 is 3.41. The molecule has 7 heteroatoms. The molecule has 0 fully saturated rings. The molecular weight excluding hydrogens is 362 g/mol. The fraction of sp³-hybridized carbons (Fsp3) is 0.375. The van der Waals surface area contributed by atoms with Gasteiger partial charge in [0.05, 0.1) is 19.3 Å². The third-order valence-electron chi connectivity index (χ3n) is 3.68. The van der Waals surface area contributed by atoms with E-state index >= 15 is 0 Å². The molecule has 2 N–H and O–H groups in total. The number of hydrogen-bond acceptors (Lipinski definition) is 4. The van der Waals surface area contributed by atoms with Crippen LogP contribution >= 0.6 is 15.9 Å². The molecule has 0 saturated carbocycles. The van der Waals surface area contributed by atoms with E-state index in [9.17, 15) is 9.59 Å². The monoisotopic (exact) mass is 381 g/mol. The molecule has 1 aromatic heterocycles. The molecule has 2 rings (SSSR count). The Labute approximate surface area is 143 Å². The quantitative estimate of drug-likeness (QED) is 0.754. The molecule has 0 spiro atoms. The first-order chi connectivity index (χ1) is 11.0. The van der Waals surface area contributed by atoms with Crippen molar-refractivity contribution in [2.75, 3.05) is 32.1 Å². The van der Waals surface area contributed by atoms with Crippen molar-refractivity contribution in [2.45, 2.75) is 13.8 Å². The average Bonchev–Trinajstić information content (AvgIpc) is 2.89. The molecule has 0 unspecified atom stereocenters. The van der Waals surface area contributed by atoms with Crippen LogP contribution in [0.1, 0.15) is 24.3 Å². The van der Waals surface area contributed by atoms with Crippen LogP contribution in [0.2, 0.25) is 0 Å². The fourth-order valence-electron chi connectivity index (χ4n) is 2.38. The van der Waals surface area contributed by atoms with Crippen molar-refractivity contribution in [3.05, 3.63) is 28.4 Å². The number of nitrogens with one attached hydrogen (secondary N) is 2. The van der Waals surface area contributed by atoms with E-state index in [1.807, 2.05) is 36.9 Å². The predicted molar refractivity (Wildman–Crippen MR) is 93.8 cm³/mol. The van der Waals surface area contributed by atoms with Gasteiger partial charge < -0.3 is 15.0 Å². The molecule has 0 aliphatic heterocycles. The van der Waals surface area contributed by atoms with E-state index in [0.29, 0.717) is 5.69 Å². The molecular formula is C16H20BrN3O3. The zero-order valence-corrected chi connectivity index (χ0v) is 15.0. The number of nitrogens with zero attached hydrogens (tertiary/aromatic N) is 1. The number of ether oxygens (including phenoxy) is 1. The zero-order valence-electron chi connectivity index (χ0n) is 13.4. The number of H-pyrrole nitrogens is 1. The van der Waals surface area contributed by atoms with Crippen molar-refractivity contribution in [2.24, 2.45) is 0 Å². The van der Waals surface area contributed by atoms with Crippen LogP contribution < -0.4 is 5.32 Å². The van der Waals surface area contributed by atoms with E-state index < -0.39 is 5.97 Å². The summed E-state index contributed by atoms with van der Waals surface area (Å²) in [5.41, 5.74) is 1.45. The van der Waals surface area contributed by atoms with Gasteiger partial charge in [-0.2, -0.15) is 0 Å². The number of likely N-dealkylation sites (N-methyl/N-ethyl adjacent to an activating group) is 1. The lowest BCUT2D eigenvalue weighted by molar-refractivity contribution is -0.117. The van der Waals surface area contributed by atoms with E-state index in [1.54, 1.807) is 0 Å². The average molecular weight is 382 g/mol. The van der Waals surface area contributed by atoms with Gasteiger partial charge in [-0.25, -0.2) is 4.79 Å². The number of rotatable bonds is 6. The molecule has 0 radical (unpaired) electrons. The maximum absolute atomic E-state index is 12.3. The molecule has 0 aliphatic carbocycles. The van der Waals surface area contributed by atoms with Crippen LogP contribution in [0.25, 0.3) is 10.9 Å². The summed E-state index contributed by atoms with van der Waals surface area (Å²) in [4.78, 5) is 29.3. The molecule has 124 valence electrons. The maximum Gasteiger partial charge on any atom is 0.356 e. The summed E-state index contributed by atoms with van der Waals surface area (Å²) in [5.74, 6) is -0.685. The lowest BCUT2D eigenvalue weighted by Crippen LogP contribution is -2.33. The highest BCUT2D eigenvalue weighted by Crippen LogP contribution is 2.30. The highest BCUT2D eigenvalue weighted by Gasteiger charge is 2.21. The number of benzene rings is 1. The van der Waals surface area contributed by atoms with E-state index in [-0.39, 0.29) is 18.1 Å². The third-order valence-corrected chi connectivity index (χ3v) is 4.17. The number of carbonyl (C=O) groups is 2. The van der Waals surface area contributed by atoms with Gasteiger partial charge in [-0.1, -0.05) is 29.8 Å². The lowest BCUT2D eigenvalue weighted by Gasteiger charge is -2.17. The number of aromatic nitrogens is 1. The first-order valence-corrected chi connectivity index (χ1v) is 8.21. The van der Waals surface area contributed by atoms with Gasteiger partial charge in [-0.15, -0.1) is 0 Å². The first-order valence-electron chi connectivity index (χ1n) is 7.41. The Morgan fingerprint density at radius 2 is 2.00 bits per heavy atom. The summed E-state index contributed by atoms with van der Waals surface area (Å²) in [5, 5.41) is 3.60. The van der Waals surface area contributed by atoms with Crippen molar-refractivity contribution in [3.8, 4) is 0 Å². The van der Waals surface area contributed by atoms with E-state index in [4.69, 9.17) is 4.74 Å². The number of amides is 1. The molecule has 23 heavy (non-hydrogen) atoms. The Bertz CT molecular complexity index is 723. The van der Waals surface area contributed by atoms with Crippen molar-refractivity contribution >= 4 is 44.4 Å². The van der Waals surface area contributed by atoms with Gasteiger partial charge >= 0.3 is 5.97 Å². The second-order valence-corrected chi connectivity index (χ2v) is 5.98. The fourth-order valence-corrected chi connectivity index (χ4v) is 2.74. The second-order valence-electron chi connectivity index (χ2n) is 5.07. The molecule has 0 saturated heterocycles. The van der Waals surface area contributed by atoms with Gasteiger partial charge in [0, 0.05) is 15.4 Å². The smallest absolute Gasteiger partial charge is 0.356 e. The summed E-state index contributed by atoms with van der Waals surface area (Å²) < 4.78 is 5.66. The topological polar surface area (TPSA) is 74.4 Å². The lowest BCUT2D eigenvalue weighted by atomic mass is 10.2. The minimum absolute atomic E-state index is 0.167.